The molecule has 0 saturated carbocycles. The topological polar surface area (TPSA) is 112 Å². The Balaban J connectivity index is 1.87. The van der Waals surface area contributed by atoms with Crippen LogP contribution in [0.4, 0.5) is 17.1 Å². The number of anilines is 3. The summed E-state index contributed by atoms with van der Waals surface area (Å²) in [7, 11) is 3.15. The number of hydrogen-bond donors (Lipinski definition) is 3. The van der Waals surface area contributed by atoms with Crippen molar-refractivity contribution < 1.29 is 14.3 Å². The number of nitrogens with one attached hydrogen (secondary N) is 2. The van der Waals surface area contributed by atoms with Crippen molar-refractivity contribution in [3.63, 3.8) is 0 Å². The van der Waals surface area contributed by atoms with Crippen LogP contribution in [0.1, 0.15) is 67.3 Å². The van der Waals surface area contributed by atoms with Crippen LogP contribution in [0.5, 0.6) is 5.75 Å². The maximum atomic E-state index is 12.3. The lowest BCUT2D eigenvalue weighted by Crippen LogP contribution is -2.37. The minimum Gasteiger partial charge on any atom is -0.505 e. The molecule has 1 aromatic heterocycles. The van der Waals surface area contributed by atoms with Crippen molar-refractivity contribution in [1.82, 2.24) is 4.90 Å². The Kier molecular flexibility index (Phi) is 6.72. The van der Waals surface area contributed by atoms with Crippen LogP contribution >= 0.6 is 0 Å². The number of phenols is 1. The molecule has 0 aliphatic rings. The van der Waals surface area contributed by atoms with Gasteiger partial charge in [-0.25, -0.2) is 0 Å². The van der Waals surface area contributed by atoms with Gasteiger partial charge in [0.05, 0.1) is 23.6 Å². The van der Waals surface area contributed by atoms with Crippen LogP contribution in [0.15, 0.2) is 44.5 Å². The quantitative estimate of drug-likeness (QED) is 0.340. The second-order valence-electron chi connectivity index (χ2n) is 8.13. The van der Waals surface area contributed by atoms with Gasteiger partial charge in [-0.05, 0) is 42.5 Å². The fourth-order valence-corrected chi connectivity index (χ4v) is 3.43. The number of para-hydroxylation sites is 1. The number of furan rings is 1. The van der Waals surface area contributed by atoms with Crippen molar-refractivity contribution in [3.8, 4) is 5.75 Å². The van der Waals surface area contributed by atoms with Crippen LogP contribution in [0, 0.1) is 0 Å². The lowest BCUT2D eigenvalue weighted by atomic mass is 10.0. The van der Waals surface area contributed by atoms with Crippen molar-refractivity contribution in [3.05, 3.63) is 67.9 Å². The van der Waals surface area contributed by atoms with Crippen molar-refractivity contribution in [2.45, 2.75) is 45.6 Å². The third-order valence-corrected chi connectivity index (χ3v) is 5.73. The molecule has 1 heterocycles. The fourth-order valence-electron chi connectivity index (χ4n) is 3.43. The molecule has 170 valence electrons. The molecule has 0 bridgehead atoms. The molecule has 3 aromatic rings. The lowest BCUT2D eigenvalue weighted by molar-refractivity contribution is 0.0824. The Morgan fingerprint density at radius 3 is 2.44 bits per heavy atom. The number of amides is 1. The third-order valence-electron chi connectivity index (χ3n) is 5.73. The summed E-state index contributed by atoms with van der Waals surface area (Å²) in [6.45, 7) is 6.16. The van der Waals surface area contributed by atoms with Gasteiger partial charge in [-0.15, -0.1) is 0 Å². The number of nitrogens with zero attached hydrogens (tertiary/aromatic N) is 1. The van der Waals surface area contributed by atoms with Gasteiger partial charge in [0.2, 0.25) is 0 Å². The van der Waals surface area contributed by atoms with Gasteiger partial charge in [-0.1, -0.05) is 26.8 Å². The van der Waals surface area contributed by atoms with E-state index >= 15 is 0 Å². The normalized spacial score (nSPS) is 13.0. The Bertz CT molecular complexity index is 1190. The third kappa shape index (κ3) is 4.26. The molecular weight excluding hydrogens is 410 g/mol. The zero-order chi connectivity index (χ0) is 23.6. The van der Waals surface area contributed by atoms with Gasteiger partial charge in [0.15, 0.2) is 5.75 Å². The van der Waals surface area contributed by atoms with Gasteiger partial charge in [0.1, 0.15) is 17.1 Å². The Labute approximate surface area is 186 Å². The van der Waals surface area contributed by atoms with Gasteiger partial charge in [0, 0.05) is 14.1 Å². The number of benzene rings is 1. The van der Waals surface area contributed by atoms with E-state index in [0.717, 1.165) is 12.0 Å². The van der Waals surface area contributed by atoms with Crippen molar-refractivity contribution >= 4 is 23.0 Å². The number of rotatable bonds is 9. The summed E-state index contributed by atoms with van der Waals surface area (Å²) in [5.74, 6) is 0.369. The van der Waals surface area contributed by atoms with Crippen molar-refractivity contribution in [1.29, 1.82) is 0 Å². The standard InChI is InChI=1S/C24H29N3O5/c1-6-13(3)14-11-18(32-12-14)16(7-2)25-19-20(23(30)22(19)29)26-17-10-8-9-15(21(17)28)24(31)27(4)5/h8-13,16,25-26,28H,6-7H2,1-5H3/t13?,16-/m1/s1. The molecule has 3 rings (SSSR count). The van der Waals surface area contributed by atoms with Crippen molar-refractivity contribution in [2.75, 3.05) is 24.7 Å². The number of aromatic hydroxyl groups is 1. The molecule has 1 amide bonds. The van der Waals surface area contributed by atoms with Gasteiger partial charge in [0.25, 0.3) is 16.8 Å². The second-order valence-corrected chi connectivity index (χ2v) is 8.13. The summed E-state index contributed by atoms with van der Waals surface area (Å²) >= 11 is 0. The predicted molar refractivity (Wildman–Crippen MR) is 125 cm³/mol. The van der Waals surface area contributed by atoms with E-state index in [0.29, 0.717) is 18.1 Å². The minimum absolute atomic E-state index is 0.0481. The van der Waals surface area contributed by atoms with Crippen LogP contribution in [0.25, 0.3) is 0 Å². The van der Waals surface area contributed by atoms with E-state index in [1.807, 2.05) is 13.0 Å². The molecule has 3 N–H and O–H groups in total. The molecule has 0 radical (unpaired) electrons. The molecule has 0 aliphatic carbocycles. The molecule has 2 aromatic carbocycles. The summed E-state index contributed by atoms with van der Waals surface area (Å²) in [4.78, 5) is 38.2. The van der Waals surface area contributed by atoms with E-state index in [2.05, 4.69) is 24.5 Å². The monoisotopic (exact) mass is 439 g/mol. The van der Waals surface area contributed by atoms with Gasteiger partial charge >= 0.3 is 0 Å². The molecular formula is C24H29N3O5. The molecule has 8 heteroatoms. The smallest absolute Gasteiger partial charge is 0.257 e. The first-order valence-corrected chi connectivity index (χ1v) is 10.7. The first-order valence-electron chi connectivity index (χ1n) is 10.7. The Morgan fingerprint density at radius 2 is 1.81 bits per heavy atom. The van der Waals surface area contributed by atoms with E-state index < -0.39 is 10.9 Å². The summed E-state index contributed by atoms with van der Waals surface area (Å²) < 4.78 is 5.73. The highest BCUT2D eigenvalue weighted by Crippen LogP contribution is 2.34. The zero-order valence-electron chi connectivity index (χ0n) is 19.0. The van der Waals surface area contributed by atoms with Gasteiger partial charge in [-0.2, -0.15) is 0 Å². The van der Waals surface area contributed by atoms with E-state index in [9.17, 15) is 19.5 Å². The van der Waals surface area contributed by atoms with Crippen LogP contribution in [-0.4, -0.2) is 30.0 Å². The first kappa shape index (κ1) is 23.1. The molecule has 0 saturated heterocycles. The SMILES string of the molecule is CCC(C)c1coc([C@@H](CC)Nc2c(Nc3cccc(C(=O)N(C)C)c3O)c(=O)c2=O)c1. The van der Waals surface area contributed by atoms with E-state index in [1.165, 1.54) is 17.0 Å². The van der Waals surface area contributed by atoms with Crippen LogP contribution < -0.4 is 21.5 Å². The van der Waals surface area contributed by atoms with Crippen LogP contribution in [0.3, 0.4) is 0 Å². The maximum absolute atomic E-state index is 12.3. The zero-order valence-corrected chi connectivity index (χ0v) is 19.0. The highest BCUT2D eigenvalue weighted by Gasteiger charge is 2.26. The number of carbonyl (C=O) groups is 1. The summed E-state index contributed by atoms with van der Waals surface area (Å²) in [5.41, 5.74) is 0.189. The fraction of sp³-hybridized carbons (Fsp3) is 0.375. The first-order chi connectivity index (χ1) is 15.2. The molecule has 0 spiro atoms. The molecule has 8 nitrogen and oxygen atoms in total. The second kappa shape index (κ2) is 9.30. The Morgan fingerprint density at radius 1 is 1.12 bits per heavy atom. The Hall–Kier alpha value is -3.55. The highest BCUT2D eigenvalue weighted by molar-refractivity contribution is 5.99. The van der Waals surface area contributed by atoms with E-state index in [1.54, 1.807) is 26.4 Å². The lowest BCUT2D eigenvalue weighted by Gasteiger charge is -2.21. The molecule has 1 unspecified atom stereocenters. The van der Waals surface area contributed by atoms with E-state index in [4.69, 9.17) is 4.42 Å². The van der Waals surface area contributed by atoms with Crippen LogP contribution in [-0.2, 0) is 0 Å². The molecule has 0 aliphatic heterocycles. The summed E-state index contributed by atoms with van der Waals surface area (Å²) in [6, 6.07) is 6.28. The number of hydrogen-bond acceptors (Lipinski definition) is 7. The minimum atomic E-state index is -0.689. The number of carbonyl (C=O) groups excluding carboxylic acids is 1. The average molecular weight is 440 g/mol. The largest absolute Gasteiger partial charge is 0.505 e. The molecule has 32 heavy (non-hydrogen) atoms. The summed E-state index contributed by atoms with van der Waals surface area (Å²) in [5, 5.41) is 16.5. The maximum Gasteiger partial charge on any atom is 0.257 e. The highest BCUT2D eigenvalue weighted by atomic mass is 16.3. The van der Waals surface area contributed by atoms with Crippen molar-refractivity contribution in [2.24, 2.45) is 0 Å². The van der Waals surface area contributed by atoms with E-state index in [-0.39, 0.29) is 40.3 Å². The average Bonchev–Trinajstić information content (AvgIpc) is 3.28. The van der Waals surface area contributed by atoms with Crippen LogP contribution in [0.2, 0.25) is 0 Å². The number of phenolic OH excluding ortho intramolecular Hbond substituents is 1. The van der Waals surface area contributed by atoms with Gasteiger partial charge < -0.3 is 25.1 Å². The molecule has 0 fully saturated rings. The van der Waals surface area contributed by atoms with Gasteiger partial charge in [-0.3, -0.25) is 14.4 Å². The summed E-state index contributed by atoms with van der Waals surface area (Å²) in [6.07, 6.45) is 3.33. The predicted octanol–water partition coefficient (Wildman–Crippen LogP) is 4.10. The molecule has 2 atom stereocenters.